The highest BCUT2D eigenvalue weighted by molar-refractivity contribution is 7.98. The van der Waals surface area contributed by atoms with Gasteiger partial charge in [-0.2, -0.15) is 16.5 Å². The van der Waals surface area contributed by atoms with Gasteiger partial charge in [-0.15, -0.1) is 0 Å². The van der Waals surface area contributed by atoms with Crippen LogP contribution < -0.4 is 10.0 Å². The first-order valence-electron chi connectivity index (χ1n) is 8.99. The molecule has 1 fully saturated rings. The van der Waals surface area contributed by atoms with Crippen molar-refractivity contribution in [3.8, 4) is 0 Å². The minimum absolute atomic E-state index is 0.0668. The number of hydrogen-bond donors (Lipinski definition) is 2. The lowest BCUT2D eigenvalue weighted by atomic mass is 9.87. The Kier molecular flexibility index (Phi) is 8.74. The number of nitrogens with one attached hydrogen (secondary N) is 2. The molecule has 1 atom stereocenters. The highest BCUT2D eigenvalue weighted by atomic mass is 35.5. The lowest BCUT2D eigenvalue weighted by molar-refractivity contribution is -0.123. The Labute approximate surface area is 176 Å². The Morgan fingerprint density at radius 2 is 1.93 bits per heavy atom. The molecule has 0 aromatic heterocycles. The molecule has 1 saturated carbocycles. The third-order valence-corrected chi connectivity index (χ3v) is 7.60. The summed E-state index contributed by atoms with van der Waals surface area (Å²) in [5.74, 6) is 1.05. The van der Waals surface area contributed by atoms with E-state index in [4.69, 9.17) is 23.2 Å². The van der Waals surface area contributed by atoms with Crippen molar-refractivity contribution >= 4 is 50.9 Å². The second-order valence-corrected chi connectivity index (χ2v) is 10.5. The van der Waals surface area contributed by atoms with Crippen LogP contribution >= 0.6 is 35.0 Å². The predicted octanol–water partition coefficient (Wildman–Crippen LogP) is 4.09. The first kappa shape index (κ1) is 22.8. The third-order valence-electron chi connectivity index (χ3n) is 4.77. The van der Waals surface area contributed by atoms with Crippen LogP contribution in [0.15, 0.2) is 23.1 Å². The molecule has 1 aromatic carbocycles. The van der Waals surface area contributed by atoms with Crippen LogP contribution in [0.2, 0.25) is 10.0 Å². The molecule has 0 bridgehead atoms. The first-order chi connectivity index (χ1) is 12.7. The first-order valence-corrected chi connectivity index (χ1v) is 12.6. The second kappa shape index (κ2) is 10.3. The number of thioether (sulfide) groups is 1. The monoisotopic (exact) mass is 452 g/mol. The van der Waals surface area contributed by atoms with E-state index in [2.05, 4.69) is 17.0 Å². The minimum atomic E-state index is -3.97. The van der Waals surface area contributed by atoms with E-state index in [9.17, 15) is 13.2 Å². The summed E-state index contributed by atoms with van der Waals surface area (Å²) in [6.07, 6.45) is 6.31. The van der Waals surface area contributed by atoms with Crippen LogP contribution in [-0.4, -0.2) is 38.4 Å². The van der Waals surface area contributed by atoms with Crippen LogP contribution in [0, 0.1) is 5.92 Å². The molecular formula is C18H26Cl2N2O3S2. The smallest absolute Gasteiger partial charge is 0.242 e. The molecule has 1 aromatic rings. The third kappa shape index (κ3) is 6.82. The van der Waals surface area contributed by atoms with E-state index in [1.54, 1.807) is 11.8 Å². The van der Waals surface area contributed by atoms with Gasteiger partial charge in [0, 0.05) is 11.1 Å². The summed E-state index contributed by atoms with van der Waals surface area (Å²) >= 11 is 13.5. The number of amides is 1. The van der Waals surface area contributed by atoms with Crippen molar-refractivity contribution in [1.82, 2.24) is 10.0 Å². The van der Waals surface area contributed by atoms with Gasteiger partial charge in [0.1, 0.15) is 10.9 Å². The molecule has 9 heteroatoms. The Balaban J connectivity index is 2.12. The van der Waals surface area contributed by atoms with E-state index in [1.165, 1.54) is 18.2 Å². The number of benzene rings is 1. The van der Waals surface area contributed by atoms with Gasteiger partial charge in [-0.3, -0.25) is 4.79 Å². The van der Waals surface area contributed by atoms with E-state index < -0.39 is 16.1 Å². The quantitative estimate of drug-likeness (QED) is 0.622. The standard InChI is InChI=1S/C18H26Cl2N2O3S2/c1-12-3-6-14(7-4-12)21-18(23)16(9-10-26-2)22-27(24,25)17-11-13(19)5-8-15(17)20/h5,8,11-12,14,16,22H,3-4,6-7,9-10H2,1-2H3,(H,21,23). The average molecular weight is 453 g/mol. The zero-order chi connectivity index (χ0) is 20.0. The van der Waals surface area contributed by atoms with Gasteiger partial charge < -0.3 is 5.32 Å². The summed E-state index contributed by atoms with van der Waals surface area (Å²) in [5.41, 5.74) is 0. The molecule has 0 radical (unpaired) electrons. The molecule has 2 N–H and O–H groups in total. The number of halogens is 2. The second-order valence-electron chi connectivity index (χ2n) is 7.00. The van der Waals surface area contributed by atoms with E-state index in [0.29, 0.717) is 18.1 Å². The molecule has 152 valence electrons. The van der Waals surface area contributed by atoms with E-state index in [0.717, 1.165) is 25.7 Å². The molecule has 1 amide bonds. The number of hydrogen-bond acceptors (Lipinski definition) is 4. The zero-order valence-corrected chi connectivity index (χ0v) is 18.6. The van der Waals surface area contributed by atoms with Crippen LogP contribution in [0.4, 0.5) is 0 Å². The maximum atomic E-state index is 12.8. The summed E-state index contributed by atoms with van der Waals surface area (Å²) in [5, 5.41) is 3.35. The molecule has 0 heterocycles. The number of carbonyl (C=O) groups is 1. The van der Waals surface area contributed by atoms with Crippen LogP contribution in [-0.2, 0) is 14.8 Å². The molecule has 2 rings (SSSR count). The maximum Gasteiger partial charge on any atom is 0.242 e. The minimum Gasteiger partial charge on any atom is -0.352 e. The molecule has 1 unspecified atom stereocenters. The van der Waals surface area contributed by atoms with Crippen molar-refractivity contribution < 1.29 is 13.2 Å². The summed E-state index contributed by atoms with van der Waals surface area (Å²) in [6, 6.07) is 3.49. The normalized spacial score (nSPS) is 21.6. The van der Waals surface area contributed by atoms with Gasteiger partial charge >= 0.3 is 0 Å². The average Bonchev–Trinajstić information content (AvgIpc) is 2.62. The molecule has 27 heavy (non-hydrogen) atoms. The van der Waals surface area contributed by atoms with Crippen molar-refractivity contribution in [3.63, 3.8) is 0 Å². The Morgan fingerprint density at radius 1 is 1.26 bits per heavy atom. The van der Waals surface area contributed by atoms with Gasteiger partial charge in [0.15, 0.2) is 0 Å². The van der Waals surface area contributed by atoms with Crippen LogP contribution in [0.1, 0.15) is 39.0 Å². The molecule has 1 aliphatic rings. The molecule has 1 aliphatic carbocycles. The molecule has 0 spiro atoms. The highest BCUT2D eigenvalue weighted by Crippen LogP contribution is 2.26. The van der Waals surface area contributed by atoms with Crippen molar-refractivity contribution in [2.24, 2.45) is 5.92 Å². The molecular weight excluding hydrogens is 427 g/mol. The van der Waals surface area contributed by atoms with Crippen LogP contribution in [0.25, 0.3) is 0 Å². The van der Waals surface area contributed by atoms with Crippen LogP contribution in [0.5, 0.6) is 0 Å². The van der Waals surface area contributed by atoms with Crippen LogP contribution in [0.3, 0.4) is 0 Å². The number of sulfonamides is 1. The van der Waals surface area contributed by atoms with Crippen molar-refractivity contribution in [2.45, 2.75) is 56.0 Å². The van der Waals surface area contributed by atoms with E-state index >= 15 is 0 Å². The van der Waals surface area contributed by atoms with Gasteiger partial charge in [-0.25, -0.2) is 8.42 Å². The van der Waals surface area contributed by atoms with Crippen molar-refractivity contribution in [2.75, 3.05) is 12.0 Å². The summed E-state index contributed by atoms with van der Waals surface area (Å²) < 4.78 is 28.1. The van der Waals surface area contributed by atoms with Crippen molar-refractivity contribution in [3.05, 3.63) is 28.2 Å². The SMILES string of the molecule is CSCCC(NS(=O)(=O)c1cc(Cl)ccc1Cl)C(=O)NC1CCC(C)CC1. The summed E-state index contributed by atoms with van der Waals surface area (Å²) in [7, 11) is -3.97. The van der Waals surface area contributed by atoms with E-state index in [1.807, 2.05) is 6.26 Å². The largest absolute Gasteiger partial charge is 0.352 e. The van der Waals surface area contributed by atoms with Gasteiger partial charge in [0.25, 0.3) is 0 Å². The summed E-state index contributed by atoms with van der Waals surface area (Å²) in [6.45, 7) is 2.21. The Morgan fingerprint density at radius 3 is 2.56 bits per heavy atom. The fourth-order valence-corrected chi connectivity index (χ4v) is 5.58. The Hall–Kier alpha value is -0.470. The molecule has 5 nitrogen and oxygen atoms in total. The number of rotatable bonds is 8. The maximum absolute atomic E-state index is 12.8. The molecule has 0 aliphatic heterocycles. The molecule has 0 saturated heterocycles. The summed E-state index contributed by atoms with van der Waals surface area (Å²) in [4.78, 5) is 12.6. The van der Waals surface area contributed by atoms with Gasteiger partial charge in [0.2, 0.25) is 15.9 Å². The van der Waals surface area contributed by atoms with Crippen molar-refractivity contribution in [1.29, 1.82) is 0 Å². The lowest BCUT2D eigenvalue weighted by Crippen LogP contribution is -2.50. The lowest BCUT2D eigenvalue weighted by Gasteiger charge is -2.28. The zero-order valence-electron chi connectivity index (χ0n) is 15.5. The predicted molar refractivity (Wildman–Crippen MR) is 113 cm³/mol. The Bertz CT molecular complexity index is 751. The highest BCUT2D eigenvalue weighted by Gasteiger charge is 2.29. The fourth-order valence-electron chi connectivity index (χ4n) is 3.12. The van der Waals surface area contributed by atoms with Gasteiger partial charge in [-0.1, -0.05) is 30.1 Å². The number of carbonyl (C=O) groups excluding carboxylic acids is 1. The topological polar surface area (TPSA) is 75.3 Å². The fraction of sp³-hybridized carbons (Fsp3) is 0.611. The van der Waals surface area contributed by atoms with Gasteiger partial charge in [-0.05, 0) is 68.2 Å². The van der Waals surface area contributed by atoms with E-state index in [-0.39, 0.29) is 26.9 Å². The van der Waals surface area contributed by atoms with Gasteiger partial charge in [0.05, 0.1) is 5.02 Å².